The number of piperidine rings is 1. The number of nitrogens with one attached hydrogen (secondary N) is 1. The zero-order chi connectivity index (χ0) is 15.8. The van der Waals surface area contributed by atoms with Gasteiger partial charge in [0.1, 0.15) is 0 Å². The van der Waals surface area contributed by atoms with E-state index in [1.807, 2.05) is 0 Å². The Bertz CT molecular complexity index is 838. The molecule has 0 bridgehead atoms. The fourth-order valence-corrected chi connectivity index (χ4v) is 4.10. The molecule has 1 aromatic heterocycles. The highest BCUT2D eigenvalue weighted by Gasteiger charge is 2.14. The maximum atomic E-state index is 3.65. The lowest BCUT2D eigenvalue weighted by Gasteiger charge is -2.26. The third-order valence-corrected chi connectivity index (χ3v) is 5.43. The second kappa shape index (κ2) is 6.01. The number of aromatic nitrogens is 1. The Kier molecular flexibility index (Phi) is 3.86. The monoisotopic (exact) mass is 306 g/mol. The average Bonchev–Trinajstić information content (AvgIpc) is 2.99. The Morgan fingerprint density at radius 1 is 0.913 bits per heavy atom. The van der Waals surface area contributed by atoms with Crippen LogP contribution in [0.4, 0.5) is 0 Å². The number of benzene rings is 2. The van der Waals surface area contributed by atoms with Crippen LogP contribution in [0.2, 0.25) is 0 Å². The molecule has 23 heavy (non-hydrogen) atoms. The van der Waals surface area contributed by atoms with Gasteiger partial charge in [0.2, 0.25) is 0 Å². The van der Waals surface area contributed by atoms with Crippen LogP contribution in [-0.2, 0) is 6.42 Å². The van der Waals surface area contributed by atoms with Crippen molar-refractivity contribution in [3.8, 4) is 0 Å². The normalized spacial score (nSPS) is 16.4. The zero-order valence-corrected chi connectivity index (χ0v) is 14.3. The summed E-state index contributed by atoms with van der Waals surface area (Å²) in [5.41, 5.74) is 6.80. The highest BCUT2D eigenvalue weighted by Crippen LogP contribution is 2.33. The van der Waals surface area contributed by atoms with Gasteiger partial charge in [-0.3, -0.25) is 0 Å². The van der Waals surface area contributed by atoms with Gasteiger partial charge in [0.15, 0.2) is 0 Å². The third-order valence-electron chi connectivity index (χ3n) is 5.43. The molecule has 1 aliphatic rings. The van der Waals surface area contributed by atoms with E-state index in [1.54, 1.807) is 0 Å². The van der Waals surface area contributed by atoms with E-state index in [4.69, 9.17) is 0 Å². The Balaban J connectivity index is 1.75. The van der Waals surface area contributed by atoms with Crippen molar-refractivity contribution in [3.63, 3.8) is 0 Å². The molecular weight excluding hydrogens is 280 g/mol. The summed E-state index contributed by atoms with van der Waals surface area (Å²) in [4.78, 5) is 6.29. The summed E-state index contributed by atoms with van der Waals surface area (Å²) >= 11 is 0. The van der Waals surface area contributed by atoms with Crippen LogP contribution in [0.1, 0.15) is 36.0 Å². The van der Waals surface area contributed by atoms with Crippen LogP contribution in [0.15, 0.2) is 30.3 Å². The summed E-state index contributed by atoms with van der Waals surface area (Å²) in [6.45, 7) is 8.18. The minimum atomic E-state index is 1.15. The molecule has 2 heterocycles. The zero-order valence-electron chi connectivity index (χ0n) is 14.3. The topological polar surface area (TPSA) is 19.0 Å². The highest BCUT2D eigenvalue weighted by atomic mass is 15.1. The molecule has 2 heteroatoms. The standard InChI is InChI=1S/C21H26N2/c1-15-9-10-16(2)21-19(15)20-17(7-6-8-18(20)22-21)11-14-23-12-4-3-5-13-23/h6-10,22H,3-5,11-14H2,1-2H3. The summed E-state index contributed by atoms with van der Waals surface area (Å²) in [6, 6.07) is 11.2. The van der Waals surface area contributed by atoms with Crippen molar-refractivity contribution in [2.24, 2.45) is 0 Å². The number of rotatable bonds is 3. The lowest BCUT2D eigenvalue weighted by atomic mass is 9.99. The number of hydrogen-bond acceptors (Lipinski definition) is 1. The number of likely N-dealkylation sites (tertiary alicyclic amines) is 1. The van der Waals surface area contributed by atoms with E-state index in [9.17, 15) is 0 Å². The van der Waals surface area contributed by atoms with Gasteiger partial charge in [-0.05, 0) is 69.0 Å². The first-order valence-corrected chi connectivity index (χ1v) is 8.96. The van der Waals surface area contributed by atoms with E-state index in [2.05, 4.69) is 54.1 Å². The van der Waals surface area contributed by atoms with Gasteiger partial charge in [-0.15, -0.1) is 0 Å². The van der Waals surface area contributed by atoms with Crippen molar-refractivity contribution in [2.75, 3.05) is 19.6 Å². The lowest BCUT2D eigenvalue weighted by Crippen LogP contribution is -2.31. The highest BCUT2D eigenvalue weighted by molar-refractivity contribution is 6.11. The number of hydrogen-bond donors (Lipinski definition) is 1. The molecular formula is C21H26N2. The average molecular weight is 306 g/mol. The van der Waals surface area contributed by atoms with Crippen molar-refractivity contribution in [1.29, 1.82) is 0 Å². The van der Waals surface area contributed by atoms with Gasteiger partial charge in [0.25, 0.3) is 0 Å². The summed E-state index contributed by atoms with van der Waals surface area (Å²) in [6.07, 6.45) is 5.30. The predicted molar refractivity (Wildman–Crippen MR) is 99.3 cm³/mol. The van der Waals surface area contributed by atoms with E-state index in [-0.39, 0.29) is 0 Å². The van der Waals surface area contributed by atoms with E-state index in [0.29, 0.717) is 0 Å². The molecule has 0 radical (unpaired) electrons. The Labute approximate surface area is 138 Å². The molecule has 0 amide bonds. The first kappa shape index (κ1) is 14.8. The van der Waals surface area contributed by atoms with Crippen LogP contribution in [0.25, 0.3) is 21.8 Å². The molecule has 2 nitrogen and oxygen atoms in total. The van der Waals surface area contributed by atoms with Crippen LogP contribution in [0.3, 0.4) is 0 Å². The molecule has 1 aliphatic heterocycles. The Morgan fingerprint density at radius 2 is 1.70 bits per heavy atom. The van der Waals surface area contributed by atoms with Gasteiger partial charge >= 0.3 is 0 Å². The minimum absolute atomic E-state index is 1.15. The SMILES string of the molecule is Cc1ccc(C)c2c1[nH]c1cccc(CCN3CCCCC3)c12. The molecule has 0 unspecified atom stereocenters. The molecule has 3 aromatic rings. The molecule has 1 N–H and O–H groups in total. The van der Waals surface area contributed by atoms with Crippen molar-refractivity contribution in [3.05, 3.63) is 47.0 Å². The number of H-pyrrole nitrogens is 1. The molecule has 0 atom stereocenters. The van der Waals surface area contributed by atoms with Crippen molar-refractivity contribution in [2.45, 2.75) is 39.5 Å². The first-order valence-electron chi connectivity index (χ1n) is 8.96. The van der Waals surface area contributed by atoms with Crippen LogP contribution >= 0.6 is 0 Å². The van der Waals surface area contributed by atoms with Crippen LogP contribution in [0.5, 0.6) is 0 Å². The van der Waals surface area contributed by atoms with Crippen LogP contribution in [0, 0.1) is 13.8 Å². The van der Waals surface area contributed by atoms with E-state index < -0.39 is 0 Å². The van der Waals surface area contributed by atoms with Crippen LogP contribution < -0.4 is 0 Å². The molecule has 0 aliphatic carbocycles. The van der Waals surface area contributed by atoms with Gasteiger partial charge in [0, 0.05) is 28.4 Å². The molecule has 4 rings (SSSR count). The summed E-state index contributed by atoms with van der Waals surface area (Å²) in [7, 11) is 0. The second-order valence-electron chi connectivity index (χ2n) is 7.07. The molecule has 1 saturated heterocycles. The molecule has 1 fully saturated rings. The number of fused-ring (bicyclic) bond motifs is 3. The first-order chi connectivity index (χ1) is 11.2. The number of aryl methyl sites for hydroxylation is 2. The third kappa shape index (κ3) is 2.66. The van der Waals surface area contributed by atoms with E-state index in [1.165, 1.54) is 77.4 Å². The Morgan fingerprint density at radius 3 is 2.52 bits per heavy atom. The van der Waals surface area contributed by atoms with E-state index in [0.717, 1.165) is 6.42 Å². The van der Waals surface area contributed by atoms with Gasteiger partial charge in [-0.1, -0.05) is 30.7 Å². The Hall–Kier alpha value is -1.80. The van der Waals surface area contributed by atoms with Crippen molar-refractivity contribution >= 4 is 21.8 Å². The van der Waals surface area contributed by atoms with Crippen molar-refractivity contribution < 1.29 is 0 Å². The van der Waals surface area contributed by atoms with Gasteiger partial charge < -0.3 is 9.88 Å². The maximum absolute atomic E-state index is 3.65. The largest absolute Gasteiger partial charge is 0.354 e. The van der Waals surface area contributed by atoms with Gasteiger partial charge in [0.05, 0.1) is 0 Å². The second-order valence-corrected chi connectivity index (χ2v) is 7.07. The molecule has 120 valence electrons. The van der Waals surface area contributed by atoms with E-state index >= 15 is 0 Å². The fourth-order valence-electron chi connectivity index (χ4n) is 4.10. The predicted octanol–water partition coefficient (Wildman–Crippen LogP) is 4.97. The quantitative estimate of drug-likeness (QED) is 0.724. The summed E-state index contributed by atoms with van der Waals surface area (Å²) < 4.78 is 0. The van der Waals surface area contributed by atoms with Gasteiger partial charge in [-0.2, -0.15) is 0 Å². The number of aromatic amines is 1. The van der Waals surface area contributed by atoms with Crippen LogP contribution in [-0.4, -0.2) is 29.5 Å². The minimum Gasteiger partial charge on any atom is -0.354 e. The summed E-state index contributed by atoms with van der Waals surface area (Å²) in [5, 5.41) is 2.87. The molecule has 2 aromatic carbocycles. The summed E-state index contributed by atoms with van der Waals surface area (Å²) in [5.74, 6) is 0. The number of nitrogens with zero attached hydrogens (tertiary/aromatic N) is 1. The molecule has 0 saturated carbocycles. The fraction of sp³-hybridized carbons (Fsp3) is 0.429. The molecule has 0 spiro atoms. The smallest absolute Gasteiger partial charge is 0.0497 e. The lowest BCUT2D eigenvalue weighted by molar-refractivity contribution is 0.231. The van der Waals surface area contributed by atoms with Crippen molar-refractivity contribution in [1.82, 2.24) is 9.88 Å². The van der Waals surface area contributed by atoms with Gasteiger partial charge in [-0.25, -0.2) is 0 Å². The maximum Gasteiger partial charge on any atom is 0.0497 e.